The highest BCUT2D eigenvalue weighted by Gasteiger charge is 2.31. The number of carboxylic acid groups (broad SMARTS) is 1. The van der Waals surface area contributed by atoms with E-state index in [-0.39, 0.29) is 16.0 Å². The van der Waals surface area contributed by atoms with Gasteiger partial charge in [0.05, 0.1) is 10.6 Å². The highest BCUT2D eigenvalue weighted by atomic mass is 35.5. The van der Waals surface area contributed by atoms with Gasteiger partial charge in [-0.05, 0) is 17.9 Å². The Morgan fingerprint density at radius 2 is 2.29 bits per heavy atom. The van der Waals surface area contributed by atoms with Crippen molar-refractivity contribution >= 4 is 23.4 Å². The number of halogens is 1. The first-order chi connectivity index (χ1) is 7.91. The van der Waals surface area contributed by atoms with E-state index in [0.29, 0.717) is 5.82 Å². The van der Waals surface area contributed by atoms with Crippen LogP contribution in [0.15, 0.2) is 12.3 Å². The third kappa shape index (κ3) is 2.36. The summed E-state index contributed by atoms with van der Waals surface area (Å²) < 4.78 is 0. The lowest BCUT2D eigenvalue weighted by Crippen LogP contribution is -2.24. The van der Waals surface area contributed by atoms with Crippen LogP contribution in [0, 0.1) is 5.41 Å². The zero-order valence-electron chi connectivity index (χ0n) is 9.90. The Kier molecular flexibility index (Phi) is 3.00. The summed E-state index contributed by atoms with van der Waals surface area (Å²) in [5.74, 6) is -0.436. The molecule has 1 saturated heterocycles. The number of rotatable bonds is 2. The largest absolute Gasteiger partial charge is 0.478 e. The summed E-state index contributed by atoms with van der Waals surface area (Å²) in [6, 6.07) is 1.43. The molecule has 0 amide bonds. The Morgan fingerprint density at radius 1 is 1.59 bits per heavy atom. The van der Waals surface area contributed by atoms with Gasteiger partial charge in [-0.1, -0.05) is 25.4 Å². The number of nitrogens with zero attached hydrogens (tertiary/aromatic N) is 2. The number of hydrogen-bond acceptors (Lipinski definition) is 3. The van der Waals surface area contributed by atoms with Crippen LogP contribution in [0.1, 0.15) is 30.6 Å². The zero-order valence-corrected chi connectivity index (χ0v) is 10.7. The van der Waals surface area contributed by atoms with Crippen molar-refractivity contribution in [2.75, 3.05) is 18.0 Å². The maximum Gasteiger partial charge on any atom is 0.337 e. The van der Waals surface area contributed by atoms with Crippen molar-refractivity contribution in [1.82, 2.24) is 4.98 Å². The van der Waals surface area contributed by atoms with Gasteiger partial charge in [-0.25, -0.2) is 9.78 Å². The molecular formula is C12H15ClN2O2. The highest BCUT2D eigenvalue weighted by Crippen LogP contribution is 2.35. The van der Waals surface area contributed by atoms with Gasteiger partial charge in [0.1, 0.15) is 5.82 Å². The SMILES string of the molecule is CC1(C)CCN(c2nccc(C(=O)O)c2Cl)C1. The van der Waals surface area contributed by atoms with Crippen molar-refractivity contribution in [1.29, 1.82) is 0 Å². The lowest BCUT2D eigenvalue weighted by Gasteiger charge is -2.21. The van der Waals surface area contributed by atoms with Gasteiger partial charge in [0.25, 0.3) is 0 Å². The van der Waals surface area contributed by atoms with Crippen molar-refractivity contribution in [2.45, 2.75) is 20.3 Å². The fraction of sp³-hybridized carbons (Fsp3) is 0.500. The third-order valence-corrected chi connectivity index (χ3v) is 3.45. The molecule has 17 heavy (non-hydrogen) atoms. The molecule has 1 aliphatic rings. The van der Waals surface area contributed by atoms with Gasteiger partial charge < -0.3 is 10.0 Å². The Balaban J connectivity index is 2.34. The number of aromatic nitrogens is 1. The van der Waals surface area contributed by atoms with E-state index in [9.17, 15) is 4.79 Å². The number of hydrogen-bond donors (Lipinski definition) is 1. The van der Waals surface area contributed by atoms with Gasteiger partial charge in [-0.3, -0.25) is 0 Å². The summed E-state index contributed by atoms with van der Waals surface area (Å²) in [5.41, 5.74) is 0.339. The maximum absolute atomic E-state index is 11.0. The Hall–Kier alpha value is -1.29. The summed E-state index contributed by atoms with van der Waals surface area (Å²) in [5, 5.41) is 9.24. The van der Waals surface area contributed by atoms with Crippen LogP contribution in [0.25, 0.3) is 0 Å². The molecule has 2 heterocycles. The van der Waals surface area contributed by atoms with Crippen LogP contribution in [-0.4, -0.2) is 29.1 Å². The average Bonchev–Trinajstić information content (AvgIpc) is 2.58. The molecule has 0 saturated carbocycles. The first kappa shape index (κ1) is 12.2. The van der Waals surface area contributed by atoms with Crippen molar-refractivity contribution in [3.63, 3.8) is 0 Å². The molecule has 0 radical (unpaired) electrons. The van der Waals surface area contributed by atoms with E-state index >= 15 is 0 Å². The predicted molar refractivity (Wildman–Crippen MR) is 66.8 cm³/mol. The molecule has 0 aromatic carbocycles. The van der Waals surface area contributed by atoms with Crippen LogP contribution < -0.4 is 4.90 Å². The minimum atomic E-state index is -1.02. The van der Waals surface area contributed by atoms with Gasteiger partial charge in [0.2, 0.25) is 0 Å². The summed E-state index contributed by atoms with van der Waals surface area (Å²) >= 11 is 6.09. The summed E-state index contributed by atoms with van der Waals surface area (Å²) in [4.78, 5) is 17.2. The molecule has 0 unspecified atom stereocenters. The van der Waals surface area contributed by atoms with Crippen molar-refractivity contribution in [3.8, 4) is 0 Å². The van der Waals surface area contributed by atoms with Crippen LogP contribution >= 0.6 is 11.6 Å². The fourth-order valence-corrected chi connectivity index (χ4v) is 2.42. The molecule has 1 fully saturated rings. The number of carbonyl (C=O) groups is 1. The molecule has 1 N–H and O–H groups in total. The summed E-state index contributed by atoms with van der Waals surface area (Å²) in [6.45, 7) is 6.08. The quantitative estimate of drug-likeness (QED) is 0.882. The van der Waals surface area contributed by atoms with Crippen LogP contribution in [0.3, 0.4) is 0 Å². The zero-order chi connectivity index (χ0) is 12.6. The second-order valence-corrected chi connectivity index (χ2v) is 5.51. The van der Waals surface area contributed by atoms with E-state index in [1.54, 1.807) is 0 Å². The average molecular weight is 255 g/mol. The van der Waals surface area contributed by atoms with Gasteiger partial charge in [-0.15, -0.1) is 0 Å². The van der Waals surface area contributed by atoms with Crippen LogP contribution in [0.2, 0.25) is 5.02 Å². The minimum absolute atomic E-state index is 0.112. The number of pyridine rings is 1. The van der Waals surface area contributed by atoms with Crippen LogP contribution in [0.5, 0.6) is 0 Å². The predicted octanol–water partition coefficient (Wildman–Crippen LogP) is 2.67. The number of aromatic carboxylic acids is 1. The lowest BCUT2D eigenvalue weighted by atomic mass is 9.93. The first-order valence-electron chi connectivity index (χ1n) is 5.53. The van der Waals surface area contributed by atoms with E-state index in [1.165, 1.54) is 12.3 Å². The minimum Gasteiger partial charge on any atom is -0.478 e. The Labute approximate surface area is 105 Å². The molecule has 1 aromatic rings. The maximum atomic E-state index is 11.0. The molecule has 2 rings (SSSR count). The van der Waals surface area contributed by atoms with Gasteiger partial charge in [0, 0.05) is 19.3 Å². The van der Waals surface area contributed by atoms with Crippen molar-refractivity contribution in [2.24, 2.45) is 5.41 Å². The van der Waals surface area contributed by atoms with E-state index < -0.39 is 5.97 Å². The van der Waals surface area contributed by atoms with E-state index in [2.05, 4.69) is 23.7 Å². The Morgan fingerprint density at radius 3 is 2.82 bits per heavy atom. The van der Waals surface area contributed by atoms with Crippen LogP contribution in [0.4, 0.5) is 5.82 Å². The second-order valence-electron chi connectivity index (χ2n) is 5.14. The van der Waals surface area contributed by atoms with Gasteiger partial charge in [-0.2, -0.15) is 0 Å². The normalized spacial score (nSPS) is 18.4. The van der Waals surface area contributed by atoms with Gasteiger partial charge >= 0.3 is 5.97 Å². The monoisotopic (exact) mass is 254 g/mol. The molecular weight excluding hydrogens is 240 g/mol. The number of anilines is 1. The first-order valence-corrected chi connectivity index (χ1v) is 5.91. The second kappa shape index (κ2) is 4.18. The van der Waals surface area contributed by atoms with Crippen molar-refractivity contribution in [3.05, 3.63) is 22.8 Å². The molecule has 0 atom stereocenters. The van der Waals surface area contributed by atoms with Crippen molar-refractivity contribution < 1.29 is 9.90 Å². The van der Waals surface area contributed by atoms with Crippen LogP contribution in [-0.2, 0) is 0 Å². The smallest absolute Gasteiger partial charge is 0.337 e. The van der Waals surface area contributed by atoms with E-state index in [0.717, 1.165) is 19.5 Å². The molecule has 4 nitrogen and oxygen atoms in total. The third-order valence-electron chi connectivity index (χ3n) is 3.08. The molecule has 5 heteroatoms. The highest BCUT2D eigenvalue weighted by molar-refractivity contribution is 6.35. The van der Waals surface area contributed by atoms with Gasteiger partial charge in [0.15, 0.2) is 0 Å². The molecule has 0 bridgehead atoms. The van der Waals surface area contributed by atoms with E-state index in [4.69, 9.17) is 16.7 Å². The lowest BCUT2D eigenvalue weighted by molar-refractivity contribution is 0.0697. The standard InChI is InChI=1S/C12H15ClN2O2/c1-12(2)4-6-15(7-12)10-9(13)8(11(16)17)3-5-14-10/h3,5H,4,6-7H2,1-2H3,(H,16,17). The fourth-order valence-electron chi connectivity index (χ4n) is 2.11. The van der Waals surface area contributed by atoms with E-state index in [1.807, 2.05) is 0 Å². The Bertz CT molecular complexity index is 460. The number of carboxylic acids is 1. The molecule has 92 valence electrons. The molecule has 0 aliphatic carbocycles. The molecule has 0 spiro atoms. The molecule has 1 aliphatic heterocycles. The molecule has 1 aromatic heterocycles. The summed E-state index contributed by atoms with van der Waals surface area (Å²) in [6.07, 6.45) is 2.55. The topological polar surface area (TPSA) is 53.4 Å². The summed E-state index contributed by atoms with van der Waals surface area (Å²) in [7, 11) is 0.